The molecule has 2 aromatic rings. The minimum atomic E-state index is 0.607. The Balaban J connectivity index is 2.07. The number of nitrogen functional groups attached to an aromatic ring is 1. The zero-order valence-electron chi connectivity index (χ0n) is 16.0. The van der Waals surface area contributed by atoms with Crippen LogP contribution in [0.1, 0.15) is 55.7 Å². The molecule has 0 radical (unpaired) electrons. The third-order valence-corrected chi connectivity index (χ3v) is 5.77. The first-order chi connectivity index (χ1) is 12.5. The fourth-order valence-electron chi connectivity index (χ4n) is 3.95. The maximum Gasteiger partial charge on any atom is 0.0471 e. The van der Waals surface area contributed by atoms with E-state index in [4.69, 9.17) is 17.3 Å². The number of allylic oxidation sites excluding steroid dienone is 1. The minimum absolute atomic E-state index is 0.607. The van der Waals surface area contributed by atoms with E-state index in [1.54, 1.807) is 0 Å². The standard InChI is InChI=1S/C23H29ClN2/c1-15-9-12-22(16(2)13-15)26-23(17(3)18-7-5-4-6-8-18)20-14-19(24)10-11-21(20)25/h9-14,18,26H,4-8,25H2,1-3H3/b23-17-. The number of nitrogens with one attached hydrogen (secondary N) is 1. The van der Waals surface area contributed by atoms with Crippen LogP contribution in [0.5, 0.6) is 0 Å². The highest BCUT2D eigenvalue weighted by Gasteiger charge is 2.20. The van der Waals surface area contributed by atoms with Crippen LogP contribution in [0, 0.1) is 19.8 Å². The van der Waals surface area contributed by atoms with E-state index in [1.165, 1.54) is 48.8 Å². The summed E-state index contributed by atoms with van der Waals surface area (Å²) in [5.41, 5.74) is 14.2. The molecule has 0 unspecified atom stereocenters. The second kappa shape index (κ2) is 8.18. The normalized spacial score (nSPS) is 16.3. The molecule has 0 atom stereocenters. The Hall–Kier alpha value is -1.93. The van der Waals surface area contributed by atoms with Gasteiger partial charge in [-0.25, -0.2) is 0 Å². The summed E-state index contributed by atoms with van der Waals surface area (Å²) in [6, 6.07) is 12.2. The maximum absolute atomic E-state index is 6.34. The van der Waals surface area contributed by atoms with Crippen molar-refractivity contribution < 1.29 is 0 Å². The van der Waals surface area contributed by atoms with Crippen molar-refractivity contribution in [1.82, 2.24) is 0 Å². The zero-order chi connectivity index (χ0) is 18.7. The van der Waals surface area contributed by atoms with Gasteiger partial charge in [0, 0.05) is 27.7 Å². The fraction of sp³-hybridized carbons (Fsp3) is 0.391. The van der Waals surface area contributed by atoms with Crippen molar-refractivity contribution in [2.75, 3.05) is 11.1 Å². The van der Waals surface area contributed by atoms with Crippen LogP contribution >= 0.6 is 11.6 Å². The molecule has 0 spiro atoms. The number of aryl methyl sites for hydroxylation is 2. The van der Waals surface area contributed by atoms with E-state index in [2.05, 4.69) is 44.3 Å². The first-order valence-corrected chi connectivity index (χ1v) is 9.94. The summed E-state index contributed by atoms with van der Waals surface area (Å²) in [6.45, 7) is 6.52. The molecule has 0 heterocycles. The van der Waals surface area contributed by atoms with Gasteiger partial charge in [-0.15, -0.1) is 0 Å². The molecule has 3 N–H and O–H groups in total. The van der Waals surface area contributed by atoms with Crippen LogP contribution in [0.25, 0.3) is 5.70 Å². The highest BCUT2D eigenvalue weighted by molar-refractivity contribution is 6.30. The highest BCUT2D eigenvalue weighted by atomic mass is 35.5. The van der Waals surface area contributed by atoms with Gasteiger partial charge in [-0.05, 0) is 74.9 Å². The minimum Gasteiger partial charge on any atom is -0.398 e. The van der Waals surface area contributed by atoms with Gasteiger partial charge >= 0.3 is 0 Å². The number of rotatable bonds is 4. The van der Waals surface area contributed by atoms with Gasteiger partial charge in [0.25, 0.3) is 0 Å². The van der Waals surface area contributed by atoms with E-state index in [1.807, 2.05) is 18.2 Å². The van der Waals surface area contributed by atoms with Crippen molar-refractivity contribution in [3.05, 3.63) is 63.7 Å². The van der Waals surface area contributed by atoms with E-state index < -0.39 is 0 Å². The van der Waals surface area contributed by atoms with Crippen molar-refractivity contribution in [3.63, 3.8) is 0 Å². The largest absolute Gasteiger partial charge is 0.398 e. The summed E-state index contributed by atoms with van der Waals surface area (Å²) < 4.78 is 0. The van der Waals surface area contributed by atoms with Gasteiger partial charge in [0.15, 0.2) is 0 Å². The SMILES string of the molecule is C/C(=C(/Nc1ccc(C)cc1C)c1cc(Cl)ccc1N)C1CCCCC1. The third kappa shape index (κ3) is 4.24. The summed E-state index contributed by atoms with van der Waals surface area (Å²) >= 11 is 6.30. The van der Waals surface area contributed by atoms with Crippen molar-refractivity contribution in [3.8, 4) is 0 Å². The van der Waals surface area contributed by atoms with E-state index in [0.29, 0.717) is 10.9 Å². The molecule has 1 aliphatic rings. The molecule has 1 fully saturated rings. The summed E-state index contributed by atoms with van der Waals surface area (Å²) in [5.74, 6) is 0.607. The van der Waals surface area contributed by atoms with Crippen LogP contribution in [0.3, 0.4) is 0 Å². The Kier molecular flexibility index (Phi) is 5.93. The summed E-state index contributed by atoms with van der Waals surface area (Å²) in [6.07, 6.45) is 6.48. The van der Waals surface area contributed by atoms with Gasteiger partial charge in [0.1, 0.15) is 0 Å². The smallest absolute Gasteiger partial charge is 0.0471 e. The van der Waals surface area contributed by atoms with Crippen LogP contribution in [0.4, 0.5) is 11.4 Å². The van der Waals surface area contributed by atoms with E-state index in [-0.39, 0.29) is 0 Å². The van der Waals surface area contributed by atoms with Gasteiger partial charge in [0.2, 0.25) is 0 Å². The zero-order valence-corrected chi connectivity index (χ0v) is 16.8. The number of benzene rings is 2. The van der Waals surface area contributed by atoms with E-state index >= 15 is 0 Å². The average Bonchev–Trinajstić information content (AvgIpc) is 2.63. The lowest BCUT2D eigenvalue weighted by molar-refractivity contribution is 0.404. The lowest BCUT2D eigenvalue weighted by Crippen LogP contribution is -2.13. The predicted molar refractivity (Wildman–Crippen MR) is 115 cm³/mol. The molecule has 26 heavy (non-hydrogen) atoms. The third-order valence-electron chi connectivity index (χ3n) is 5.54. The highest BCUT2D eigenvalue weighted by Crippen LogP contribution is 2.37. The number of anilines is 2. The monoisotopic (exact) mass is 368 g/mol. The van der Waals surface area contributed by atoms with Crippen molar-refractivity contribution in [2.24, 2.45) is 5.92 Å². The van der Waals surface area contributed by atoms with Crippen molar-refractivity contribution in [2.45, 2.75) is 52.9 Å². The molecule has 0 bridgehead atoms. The summed E-state index contributed by atoms with van der Waals surface area (Å²) in [5, 5.41) is 4.41. The van der Waals surface area contributed by atoms with Gasteiger partial charge < -0.3 is 11.1 Å². The molecule has 3 heteroatoms. The Morgan fingerprint density at radius 2 is 1.77 bits per heavy atom. The quantitative estimate of drug-likeness (QED) is 0.572. The summed E-state index contributed by atoms with van der Waals surface area (Å²) in [7, 11) is 0. The Morgan fingerprint density at radius 1 is 1.04 bits per heavy atom. The number of hydrogen-bond acceptors (Lipinski definition) is 2. The van der Waals surface area contributed by atoms with Crippen LogP contribution < -0.4 is 11.1 Å². The molecule has 1 aliphatic carbocycles. The molecule has 138 valence electrons. The lowest BCUT2D eigenvalue weighted by atomic mass is 9.82. The predicted octanol–water partition coefficient (Wildman–Crippen LogP) is 6.96. The fourth-order valence-corrected chi connectivity index (χ4v) is 4.12. The van der Waals surface area contributed by atoms with Crippen molar-refractivity contribution >= 4 is 28.7 Å². The molecular weight excluding hydrogens is 340 g/mol. The number of hydrogen-bond donors (Lipinski definition) is 2. The van der Waals surface area contributed by atoms with E-state index in [0.717, 1.165) is 22.6 Å². The number of halogens is 1. The molecule has 3 rings (SSSR count). The molecule has 0 saturated heterocycles. The van der Waals surface area contributed by atoms with E-state index in [9.17, 15) is 0 Å². The Labute approximate surface area is 162 Å². The van der Waals surface area contributed by atoms with Gasteiger partial charge in [-0.3, -0.25) is 0 Å². The Bertz CT molecular complexity index is 817. The second-order valence-electron chi connectivity index (χ2n) is 7.57. The maximum atomic E-state index is 6.34. The first-order valence-electron chi connectivity index (χ1n) is 9.56. The molecule has 1 saturated carbocycles. The topological polar surface area (TPSA) is 38.0 Å². The lowest BCUT2D eigenvalue weighted by Gasteiger charge is -2.27. The second-order valence-corrected chi connectivity index (χ2v) is 8.00. The van der Waals surface area contributed by atoms with Gasteiger partial charge in [-0.1, -0.05) is 48.6 Å². The first kappa shape index (κ1) is 18.8. The summed E-state index contributed by atoms with van der Waals surface area (Å²) in [4.78, 5) is 0. The van der Waals surface area contributed by atoms with Crippen LogP contribution in [0.2, 0.25) is 5.02 Å². The van der Waals surface area contributed by atoms with Crippen LogP contribution in [-0.4, -0.2) is 0 Å². The molecule has 2 aromatic carbocycles. The molecule has 2 nitrogen and oxygen atoms in total. The average molecular weight is 369 g/mol. The number of nitrogens with two attached hydrogens (primary N) is 1. The van der Waals surface area contributed by atoms with Crippen LogP contribution in [0.15, 0.2) is 42.0 Å². The molecular formula is C23H29ClN2. The molecule has 0 amide bonds. The van der Waals surface area contributed by atoms with Gasteiger partial charge in [0.05, 0.1) is 0 Å². The Morgan fingerprint density at radius 3 is 2.46 bits per heavy atom. The molecule has 0 aliphatic heterocycles. The van der Waals surface area contributed by atoms with Crippen LogP contribution in [-0.2, 0) is 0 Å². The van der Waals surface area contributed by atoms with Gasteiger partial charge in [-0.2, -0.15) is 0 Å². The van der Waals surface area contributed by atoms with Crippen molar-refractivity contribution in [1.29, 1.82) is 0 Å². The molecule has 0 aromatic heterocycles.